The number of hydrogen-bond acceptors (Lipinski definition) is 3. The average molecular weight is 274 g/mol. The quantitative estimate of drug-likeness (QED) is 0.732. The summed E-state index contributed by atoms with van der Waals surface area (Å²) in [5.41, 5.74) is 3.29. The molecule has 1 atom stereocenters. The van der Waals surface area contributed by atoms with Crippen LogP contribution in [-0.4, -0.2) is 11.5 Å². The van der Waals surface area contributed by atoms with Crippen LogP contribution < -0.4 is 5.32 Å². The molecule has 1 aliphatic carbocycles. The lowest BCUT2D eigenvalue weighted by Gasteiger charge is -2.21. The molecule has 98 valence electrons. The molecule has 1 unspecified atom stereocenters. The molecule has 1 aliphatic heterocycles. The molecule has 2 aromatic rings. The van der Waals surface area contributed by atoms with E-state index in [1.807, 2.05) is 6.07 Å². The van der Waals surface area contributed by atoms with E-state index >= 15 is 0 Å². The molecule has 2 aliphatic rings. The third-order valence-corrected chi connectivity index (χ3v) is 5.16. The largest absolute Gasteiger partial charge is 0.308 e. The lowest BCUT2D eigenvalue weighted by molar-refractivity contribution is 0.411. The second-order valence-corrected chi connectivity index (χ2v) is 6.42. The maximum absolute atomic E-state index is 13.2. The standard InChI is InChI=1S/C15H15FN2S/c16-10-4-5-11-9(7-10)8-13-14(11)18-15(19-13)12-3-1-2-6-17-12/h4-5,7,12,17H,1-3,6,8H2. The van der Waals surface area contributed by atoms with Crippen LogP contribution in [0.2, 0.25) is 0 Å². The van der Waals surface area contributed by atoms with Crippen LogP contribution in [0, 0.1) is 5.82 Å². The fraction of sp³-hybridized carbons (Fsp3) is 0.400. The minimum atomic E-state index is -0.150. The molecule has 0 spiro atoms. The van der Waals surface area contributed by atoms with E-state index in [2.05, 4.69) is 5.32 Å². The molecule has 0 radical (unpaired) electrons. The van der Waals surface area contributed by atoms with Crippen molar-refractivity contribution in [1.82, 2.24) is 10.3 Å². The van der Waals surface area contributed by atoms with Gasteiger partial charge < -0.3 is 5.32 Å². The van der Waals surface area contributed by atoms with Crippen molar-refractivity contribution in [1.29, 1.82) is 0 Å². The van der Waals surface area contributed by atoms with Crippen LogP contribution in [0.5, 0.6) is 0 Å². The zero-order valence-electron chi connectivity index (χ0n) is 10.6. The van der Waals surface area contributed by atoms with Crippen molar-refractivity contribution in [2.75, 3.05) is 6.54 Å². The summed E-state index contributed by atoms with van der Waals surface area (Å²) in [6.07, 6.45) is 4.57. The molecule has 1 N–H and O–H groups in total. The maximum Gasteiger partial charge on any atom is 0.123 e. The van der Waals surface area contributed by atoms with Crippen LogP contribution in [-0.2, 0) is 6.42 Å². The zero-order chi connectivity index (χ0) is 12.8. The van der Waals surface area contributed by atoms with Gasteiger partial charge >= 0.3 is 0 Å². The van der Waals surface area contributed by atoms with Gasteiger partial charge in [0.1, 0.15) is 10.8 Å². The number of rotatable bonds is 1. The Morgan fingerprint density at radius 1 is 1.32 bits per heavy atom. The fourth-order valence-corrected chi connectivity index (χ4v) is 4.24. The van der Waals surface area contributed by atoms with E-state index in [4.69, 9.17) is 4.98 Å². The van der Waals surface area contributed by atoms with Gasteiger partial charge in [0.2, 0.25) is 0 Å². The molecular weight excluding hydrogens is 259 g/mol. The molecule has 19 heavy (non-hydrogen) atoms. The summed E-state index contributed by atoms with van der Waals surface area (Å²) < 4.78 is 13.2. The van der Waals surface area contributed by atoms with E-state index in [1.165, 1.54) is 35.2 Å². The van der Waals surface area contributed by atoms with Crippen LogP contribution in [0.1, 0.15) is 40.8 Å². The third kappa shape index (κ3) is 1.90. The molecule has 0 saturated carbocycles. The number of benzene rings is 1. The first-order chi connectivity index (χ1) is 9.31. The lowest BCUT2D eigenvalue weighted by Crippen LogP contribution is -2.26. The van der Waals surface area contributed by atoms with Crippen molar-refractivity contribution in [2.45, 2.75) is 31.7 Å². The van der Waals surface area contributed by atoms with Gasteiger partial charge in [-0.1, -0.05) is 6.42 Å². The van der Waals surface area contributed by atoms with Gasteiger partial charge in [-0.25, -0.2) is 9.37 Å². The molecule has 1 saturated heterocycles. The van der Waals surface area contributed by atoms with Crippen molar-refractivity contribution in [3.8, 4) is 11.3 Å². The van der Waals surface area contributed by atoms with Gasteiger partial charge in [0.05, 0.1) is 11.7 Å². The third-order valence-electron chi connectivity index (χ3n) is 4.00. The first-order valence-corrected chi connectivity index (χ1v) is 7.65. The normalized spacial score (nSPS) is 21.2. The van der Waals surface area contributed by atoms with Crippen molar-refractivity contribution in [3.63, 3.8) is 0 Å². The highest BCUT2D eigenvalue weighted by molar-refractivity contribution is 7.12. The van der Waals surface area contributed by atoms with Gasteiger partial charge in [-0.3, -0.25) is 0 Å². The topological polar surface area (TPSA) is 24.9 Å². The number of nitrogens with one attached hydrogen (secondary N) is 1. The second kappa shape index (κ2) is 4.39. The average Bonchev–Trinajstić information content (AvgIpc) is 2.96. The molecule has 2 heterocycles. The van der Waals surface area contributed by atoms with Gasteiger partial charge in [-0.05, 0) is 43.1 Å². The SMILES string of the molecule is Fc1ccc2c(c1)Cc1sc(C3CCCCN3)nc1-2. The van der Waals surface area contributed by atoms with E-state index in [-0.39, 0.29) is 5.82 Å². The predicted molar refractivity (Wildman–Crippen MR) is 74.9 cm³/mol. The summed E-state index contributed by atoms with van der Waals surface area (Å²) in [6, 6.07) is 5.47. The number of piperidine rings is 1. The first kappa shape index (κ1) is 11.6. The van der Waals surface area contributed by atoms with Crippen LogP contribution in [0.25, 0.3) is 11.3 Å². The van der Waals surface area contributed by atoms with Crippen LogP contribution in [0.4, 0.5) is 4.39 Å². The van der Waals surface area contributed by atoms with Crippen molar-refractivity contribution < 1.29 is 4.39 Å². The number of nitrogens with zero attached hydrogens (tertiary/aromatic N) is 1. The molecule has 4 rings (SSSR count). The highest BCUT2D eigenvalue weighted by atomic mass is 32.1. The van der Waals surface area contributed by atoms with Gasteiger partial charge in [0.25, 0.3) is 0 Å². The Morgan fingerprint density at radius 2 is 2.26 bits per heavy atom. The van der Waals surface area contributed by atoms with Crippen molar-refractivity contribution in [3.05, 3.63) is 39.5 Å². The number of aromatic nitrogens is 1. The molecule has 4 heteroatoms. The van der Waals surface area contributed by atoms with E-state index in [1.54, 1.807) is 17.4 Å². The molecular formula is C15H15FN2S. The minimum absolute atomic E-state index is 0.150. The Balaban J connectivity index is 1.71. The Labute approximate surface area is 115 Å². The maximum atomic E-state index is 13.2. The number of thiazole rings is 1. The van der Waals surface area contributed by atoms with E-state index in [0.717, 1.165) is 29.8 Å². The molecule has 2 nitrogen and oxygen atoms in total. The highest BCUT2D eigenvalue weighted by Crippen LogP contribution is 2.41. The fourth-order valence-electron chi connectivity index (χ4n) is 3.02. The van der Waals surface area contributed by atoms with Crippen LogP contribution in [0.15, 0.2) is 18.2 Å². The summed E-state index contributed by atoms with van der Waals surface area (Å²) in [7, 11) is 0. The molecule has 0 amide bonds. The number of hydrogen-bond donors (Lipinski definition) is 1. The van der Waals surface area contributed by atoms with Crippen LogP contribution >= 0.6 is 11.3 Å². The summed E-state index contributed by atoms with van der Waals surface area (Å²) in [6.45, 7) is 1.09. The second-order valence-electron chi connectivity index (χ2n) is 5.30. The Morgan fingerprint density at radius 3 is 3.11 bits per heavy atom. The molecule has 1 aromatic carbocycles. The number of halogens is 1. The smallest absolute Gasteiger partial charge is 0.123 e. The number of fused-ring (bicyclic) bond motifs is 3. The van der Waals surface area contributed by atoms with Gasteiger partial charge in [-0.15, -0.1) is 11.3 Å². The Kier molecular flexibility index (Phi) is 2.67. The van der Waals surface area contributed by atoms with Crippen LogP contribution in [0.3, 0.4) is 0 Å². The predicted octanol–water partition coefficient (Wildman–Crippen LogP) is 3.67. The van der Waals surface area contributed by atoms with Gasteiger partial charge in [0, 0.05) is 16.9 Å². The van der Waals surface area contributed by atoms with E-state index in [9.17, 15) is 4.39 Å². The minimum Gasteiger partial charge on any atom is -0.308 e. The Hall–Kier alpha value is -1.26. The highest BCUT2D eigenvalue weighted by Gasteiger charge is 2.26. The lowest BCUT2D eigenvalue weighted by atomic mass is 10.1. The summed E-state index contributed by atoms with van der Waals surface area (Å²) in [5.74, 6) is -0.150. The van der Waals surface area contributed by atoms with Crippen molar-refractivity contribution >= 4 is 11.3 Å². The van der Waals surface area contributed by atoms with Gasteiger partial charge in [0.15, 0.2) is 0 Å². The van der Waals surface area contributed by atoms with E-state index in [0.29, 0.717) is 6.04 Å². The zero-order valence-corrected chi connectivity index (χ0v) is 11.4. The summed E-state index contributed by atoms with van der Waals surface area (Å²) in [4.78, 5) is 6.11. The molecule has 1 fully saturated rings. The van der Waals surface area contributed by atoms with Gasteiger partial charge in [-0.2, -0.15) is 0 Å². The van der Waals surface area contributed by atoms with Crippen molar-refractivity contribution in [2.24, 2.45) is 0 Å². The molecule has 1 aromatic heterocycles. The monoisotopic (exact) mass is 274 g/mol. The summed E-state index contributed by atoms with van der Waals surface area (Å²) in [5, 5.41) is 4.75. The summed E-state index contributed by atoms with van der Waals surface area (Å²) >= 11 is 1.79. The Bertz CT molecular complexity index is 629. The first-order valence-electron chi connectivity index (χ1n) is 6.83. The molecule has 0 bridgehead atoms. The van der Waals surface area contributed by atoms with E-state index < -0.39 is 0 Å².